The van der Waals surface area contributed by atoms with Crippen molar-refractivity contribution in [1.29, 1.82) is 0 Å². The molecule has 0 bridgehead atoms. The van der Waals surface area contributed by atoms with Crippen molar-refractivity contribution in [2.45, 2.75) is 6.10 Å². The fourth-order valence-corrected chi connectivity index (χ4v) is 1.79. The third kappa shape index (κ3) is 2.22. The van der Waals surface area contributed by atoms with Crippen LogP contribution in [0.3, 0.4) is 0 Å². The molecule has 0 aliphatic carbocycles. The molecule has 0 aliphatic rings. The first kappa shape index (κ1) is 10.0. The summed E-state index contributed by atoms with van der Waals surface area (Å²) in [5.41, 5.74) is 0.740. The molecule has 0 saturated heterocycles. The van der Waals surface area contributed by atoms with E-state index in [9.17, 15) is 5.11 Å². The lowest BCUT2D eigenvalue weighted by atomic mass is 10.1. The van der Waals surface area contributed by atoms with Gasteiger partial charge in [0, 0.05) is 13.6 Å². The monoisotopic (exact) mass is 336 g/mol. The Kier molecular flexibility index (Phi) is 3.56. The Morgan fingerprint density at radius 1 is 1.58 bits per heavy atom. The van der Waals surface area contributed by atoms with Crippen LogP contribution in [0.2, 0.25) is 0 Å². The van der Waals surface area contributed by atoms with Gasteiger partial charge >= 0.3 is 0 Å². The lowest BCUT2D eigenvalue weighted by Gasteiger charge is -2.06. The van der Waals surface area contributed by atoms with Crippen LogP contribution in [0, 0.1) is 15.9 Å². The maximum Gasteiger partial charge on any atom is 0.141 e. The predicted molar refractivity (Wildman–Crippen MR) is 60.7 cm³/mol. The third-order valence-corrected chi connectivity index (χ3v) is 2.80. The van der Waals surface area contributed by atoms with Crippen LogP contribution >= 0.6 is 38.5 Å². The number of hydrogen-bond acceptors (Lipinski definition) is 1. The number of halogens is 2. The SMILES string of the molecule is C#CC(O)c1cc(I)ccc1Br. The number of terminal acetylenes is 1. The number of aliphatic hydroxyl groups excluding tert-OH is 1. The first-order valence-electron chi connectivity index (χ1n) is 3.24. The summed E-state index contributed by atoms with van der Waals surface area (Å²) in [4.78, 5) is 0. The zero-order valence-electron chi connectivity index (χ0n) is 6.09. The second-order valence-electron chi connectivity index (χ2n) is 2.24. The molecule has 1 aromatic rings. The first-order valence-corrected chi connectivity index (χ1v) is 5.11. The normalized spacial score (nSPS) is 12.2. The van der Waals surface area contributed by atoms with Crippen molar-refractivity contribution in [2.24, 2.45) is 0 Å². The van der Waals surface area contributed by atoms with Gasteiger partial charge in [-0.2, -0.15) is 0 Å². The highest BCUT2D eigenvalue weighted by atomic mass is 127. The summed E-state index contributed by atoms with van der Waals surface area (Å²) < 4.78 is 1.90. The summed E-state index contributed by atoms with van der Waals surface area (Å²) in [6.07, 6.45) is 4.27. The molecule has 0 heterocycles. The second kappa shape index (κ2) is 4.26. The summed E-state index contributed by atoms with van der Waals surface area (Å²) in [5.74, 6) is 2.27. The highest BCUT2D eigenvalue weighted by Gasteiger charge is 2.07. The maximum atomic E-state index is 9.37. The highest BCUT2D eigenvalue weighted by molar-refractivity contribution is 14.1. The quantitative estimate of drug-likeness (QED) is 0.617. The number of aliphatic hydroxyl groups is 1. The van der Waals surface area contributed by atoms with Gasteiger partial charge < -0.3 is 5.11 Å². The van der Waals surface area contributed by atoms with Gasteiger partial charge in [0.15, 0.2) is 0 Å². The average molecular weight is 337 g/mol. The molecule has 1 unspecified atom stereocenters. The van der Waals surface area contributed by atoms with Crippen LogP contribution in [0.5, 0.6) is 0 Å². The molecule has 1 N–H and O–H groups in total. The smallest absolute Gasteiger partial charge is 0.141 e. The minimum Gasteiger partial charge on any atom is -0.376 e. The first-order chi connectivity index (χ1) is 5.65. The minimum absolute atomic E-state index is 0.740. The van der Waals surface area contributed by atoms with Gasteiger partial charge in [-0.1, -0.05) is 21.9 Å². The Morgan fingerprint density at radius 3 is 2.83 bits per heavy atom. The lowest BCUT2D eigenvalue weighted by Crippen LogP contribution is -1.94. The van der Waals surface area contributed by atoms with Crippen molar-refractivity contribution in [1.82, 2.24) is 0 Å². The van der Waals surface area contributed by atoms with E-state index in [4.69, 9.17) is 6.42 Å². The van der Waals surface area contributed by atoms with Crippen LogP contribution in [0.15, 0.2) is 22.7 Å². The van der Waals surface area contributed by atoms with Crippen LogP contribution in [-0.2, 0) is 0 Å². The van der Waals surface area contributed by atoms with Crippen molar-refractivity contribution in [3.8, 4) is 12.3 Å². The molecule has 0 aromatic heterocycles. The number of benzene rings is 1. The van der Waals surface area contributed by atoms with E-state index in [2.05, 4.69) is 44.4 Å². The van der Waals surface area contributed by atoms with E-state index >= 15 is 0 Å². The predicted octanol–water partition coefficient (Wildman–Crippen LogP) is 2.72. The van der Waals surface area contributed by atoms with Crippen molar-refractivity contribution in [3.63, 3.8) is 0 Å². The molecule has 62 valence electrons. The number of hydrogen-bond donors (Lipinski definition) is 1. The van der Waals surface area contributed by atoms with E-state index < -0.39 is 6.10 Å². The van der Waals surface area contributed by atoms with Crippen molar-refractivity contribution in [3.05, 3.63) is 31.8 Å². The van der Waals surface area contributed by atoms with E-state index in [1.54, 1.807) is 0 Å². The number of rotatable bonds is 1. The van der Waals surface area contributed by atoms with Gasteiger partial charge in [0.05, 0.1) is 0 Å². The zero-order valence-corrected chi connectivity index (χ0v) is 9.83. The van der Waals surface area contributed by atoms with E-state index in [0.29, 0.717) is 0 Å². The van der Waals surface area contributed by atoms with Crippen LogP contribution in [-0.4, -0.2) is 5.11 Å². The van der Waals surface area contributed by atoms with Crippen molar-refractivity contribution >= 4 is 38.5 Å². The molecule has 1 rings (SSSR count). The van der Waals surface area contributed by atoms with Crippen LogP contribution in [0.1, 0.15) is 11.7 Å². The van der Waals surface area contributed by atoms with Crippen LogP contribution < -0.4 is 0 Å². The van der Waals surface area contributed by atoms with Gasteiger partial charge in [0.2, 0.25) is 0 Å². The summed E-state index contributed by atoms with van der Waals surface area (Å²) in [6, 6.07) is 5.67. The van der Waals surface area contributed by atoms with Crippen molar-refractivity contribution in [2.75, 3.05) is 0 Å². The molecule has 1 nitrogen and oxygen atoms in total. The van der Waals surface area contributed by atoms with Gasteiger partial charge in [-0.25, -0.2) is 0 Å². The van der Waals surface area contributed by atoms with Gasteiger partial charge in [0.25, 0.3) is 0 Å². The molecular weight excluding hydrogens is 331 g/mol. The summed E-state index contributed by atoms with van der Waals surface area (Å²) >= 11 is 5.48. The molecule has 0 amide bonds. The largest absolute Gasteiger partial charge is 0.376 e. The Balaban J connectivity index is 3.15. The summed E-state index contributed by atoms with van der Waals surface area (Å²) in [6.45, 7) is 0. The fraction of sp³-hybridized carbons (Fsp3) is 0.111. The maximum absolute atomic E-state index is 9.37. The Hall–Kier alpha value is -0.0500. The minimum atomic E-state index is -0.825. The Bertz CT molecular complexity index is 330. The second-order valence-corrected chi connectivity index (χ2v) is 4.34. The summed E-state index contributed by atoms with van der Waals surface area (Å²) in [5, 5.41) is 9.37. The van der Waals surface area contributed by atoms with Crippen LogP contribution in [0.4, 0.5) is 0 Å². The topological polar surface area (TPSA) is 20.2 Å². The van der Waals surface area contributed by atoms with Gasteiger partial charge in [-0.3, -0.25) is 0 Å². The molecule has 1 atom stereocenters. The van der Waals surface area contributed by atoms with E-state index in [1.165, 1.54) is 0 Å². The molecule has 1 aromatic carbocycles. The van der Waals surface area contributed by atoms with Gasteiger partial charge in [0.1, 0.15) is 6.10 Å². The van der Waals surface area contributed by atoms with Gasteiger partial charge in [-0.05, 0) is 40.8 Å². The molecule has 0 aliphatic heterocycles. The Morgan fingerprint density at radius 2 is 2.25 bits per heavy atom. The fourth-order valence-electron chi connectivity index (χ4n) is 0.814. The van der Waals surface area contributed by atoms with E-state index in [1.807, 2.05) is 18.2 Å². The van der Waals surface area contributed by atoms with Crippen molar-refractivity contribution < 1.29 is 5.11 Å². The molecule has 0 fully saturated rings. The molecule has 12 heavy (non-hydrogen) atoms. The Labute approximate surface area is 93.4 Å². The van der Waals surface area contributed by atoms with E-state index in [0.717, 1.165) is 13.6 Å². The molecule has 0 saturated carbocycles. The molecular formula is C9H6BrIO. The van der Waals surface area contributed by atoms with Gasteiger partial charge in [-0.15, -0.1) is 6.42 Å². The zero-order chi connectivity index (χ0) is 9.14. The van der Waals surface area contributed by atoms with Crippen LogP contribution in [0.25, 0.3) is 0 Å². The highest BCUT2D eigenvalue weighted by Crippen LogP contribution is 2.24. The molecule has 0 spiro atoms. The van der Waals surface area contributed by atoms with E-state index in [-0.39, 0.29) is 0 Å². The molecule has 0 radical (unpaired) electrons. The average Bonchev–Trinajstić information content (AvgIpc) is 2.08. The third-order valence-electron chi connectivity index (χ3n) is 1.41. The standard InChI is InChI=1S/C9H6BrIO/c1-2-9(12)7-5-6(11)3-4-8(7)10/h1,3-5,9,12H. The summed E-state index contributed by atoms with van der Waals surface area (Å²) in [7, 11) is 0. The lowest BCUT2D eigenvalue weighted by molar-refractivity contribution is 0.237. The molecule has 3 heteroatoms.